The maximum absolute atomic E-state index is 12.7. The average Bonchev–Trinajstić information content (AvgIpc) is 2.82. The molecule has 1 saturated heterocycles. The van der Waals surface area contributed by atoms with E-state index in [1.165, 1.54) is 12.1 Å². The molecule has 0 radical (unpaired) electrons. The van der Waals surface area contributed by atoms with E-state index in [0.717, 1.165) is 74.4 Å². The average molecular weight is 476 g/mol. The van der Waals surface area contributed by atoms with Crippen molar-refractivity contribution in [2.24, 2.45) is 5.16 Å². The van der Waals surface area contributed by atoms with Crippen molar-refractivity contribution in [3.63, 3.8) is 0 Å². The number of hydrogen-bond acceptors (Lipinski definition) is 5. The van der Waals surface area contributed by atoms with Crippen molar-refractivity contribution in [2.45, 2.75) is 32.0 Å². The van der Waals surface area contributed by atoms with E-state index in [0.29, 0.717) is 11.3 Å². The number of fused-ring (bicyclic) bond motifs is 1. The lowest BCUT2D eigenvalue weighted by Gasteiger charge is -2.32. The van der Waals surface area contributed by atoms with Crippen molar-refractivity contribution >= 4 is 11.6 Å². The summed E-state index contributed by atoms with van der Waals surface area (Å²) in [6, 6.07) is 10.6. The molecule has 0 bridgehead atoms. The van der Waals surface area contributed by atoms with Crippen LogP contribution in [-0.2, 0) is 28.8 Å². The van der Waals surface area contributed by atoms with Gasteiger partial charge in [-0.25, -0.2) is 0 Å². The molecule has 6 nitrogen and oxygen atoms in total. The van der Waals surface area contributed by atoms with E-state index < -0.39 is 11.7 Å². The number of ether oxygens (including phenoxy) is 1. The van der Waals surface area contributed by atoms with Crippen LogP contribution in [0.1, 0.15) is 35.1 Å². The highest BCUT2D eigenvalue weighted by atomic mass is 19.4. The Kier molecular flexibility index (Phi) is 7.41. The second-order valence-electron chi connectivity index (χ2n) is 8.65. The summed E-state index contributed by atoms with van der Waals surface area (Å²) in [5.41, 5.74) is 2.77. The van der Waals surface area contributed by atoms with Gasteiger partial charge in [0.05, 0.1) is 11.3 Å². The van der Waals surface area contributed by atoms with Crippen molar-refractivity contribution in [3.05, 3.63) is 64.7 Å². The monoisotopic (exact) mass is 475 g/mol. The third-order valence-electron chi connectivity index (χ3n) is 6.15. The molecule has 0 atom stereocenters. The van der Waals surface area contributed by atoms with Crippen molar-refractivity contribution in [2.75, 3.05) is 39.8 Å². The molecule has 4 rings (SSSR count). The minimum absolute atomic E-state index is 0.00950. The third kappa shape index (κ3) is 6.08. The quantitative estimate of drug-likeness (QED) is 0.590. The summed E-state index contributed by atoms with van der Waals surface area (Å²) in [7, 11) is 2.04. The van der Waals surface area contributed by atoms with E-state index in [-0.39, 0.29) is 19.1 Å². The molecule has 2 aliphatic rings. The van der Waals surface area contributed by atoms with Gasteiger partial charge in [0.2, 0.25) is 0 Å². The molecule has 1 amide bonds. The number of amides is 1. The maximum atomic E-state index is 12.7. The zero-order valence-electron chi connectivity index (χ0n) is 19.1. The molecule has 1 fully saturated rings. The molecular weight excluding hydrogens is 447 g/mol. The fraction of sp³-hybridized carbons (Fsp3) is 0.440. The van der Waals surface area contributed by atoms with Crippen LogP contribution in [0.5, 0.6) is 5.75 Å². The summed E-state index contributed by atoms with van der Waals surface area (Å²) in [6.45, 7) is 3.28. The number of rotatable bonds is 6. The van der Waals surface area contributed by atoms with Gasteiger partial charge >= 0.3 is 6.18 Å². The van der Waals surface area contributed by atoms with Gasteiger partial charge in [0, 0.05) is 31.7 Å². The smallest absolute Gasteiger partial charge is 0.416 e. The van der Waals surface area contributed by atoms with Crippen molar-refractivity contribution in [3.8, 4) is 5.75 Å². The first kappa shape index (κ1) is 24.1. The molecule has 1 aliphatic heterocycles. The number of hydrogen-bond donors (Lipinski definition) is 0. The highest BCUT2D eigenvalue weighted by molar-refractivity contribution is 6.02. The van der Waals surface area contributed by atoms with Crippen LogP contribution in [-0.4, -0.2) is 61.3 Å². The van der Waals surface area contributed by atoms with E-state index >= 15 is 0 Å². The van der Waals surface area contributed by atoms with Gasteiger partial charge in [-0.05, 0) is 67.8 Å². The molecule has 0 aromatic heterocycles. The summed E-state index contributed by atoms with van der Waals surface area (Å²) < 4.78 is 43.8. The zero-order valence-corrected chi connectivity index (χ0v) is 19.1. The van der Waals surface area contributed by atoms with Crippen LogP contribution in [0.2, 0.25) is 0 Å². The maximum Gasteiger partial charge on any atom is 0.416 e. The van der Waals surface area contributed by atoms with Crippen LogP contribution in [0, 0.1) is 0 Å². The Morgan fingerprint density at radius 3 is 2.47 bits per heavy atom. The van der Waals surface area contributed by atoms with Gasteiger partial charge in [0.1, 0.15) is 12.4 Å². The lowest BCUT2D eigenvalue weighted by Crippen LogP contribution is -2.48. The Hall–Kier alpha value is -3.07. The zero-order chi connectivity index (χ0) is 24.1. The predicted molar refractivity (Wildman–Crippen MR) is 122 cm³/mol. The second-order valence-corrected chi connectivity index (χ2v) is 8.65. The lowest BCUT2D eigenvalue weighted by molar-refractivity contribution is -0.137. The number of halogens is 3. The highest BCUT2D eigenvalue weighted by Crippen LogP contribution is 2.29. The summed E-state index contributed by atoms with van der Waals surface area (Å²) in [4.78, 5) is 21.9. The molecule has 1 aliphatic carbocycles. The fourth-order valence-electron chi connectivity index (χ4n) is 4.09. The first-order valence-corrected chi connectivity index (χ1v) is 11.4. The lowest BCUT2D eigenvalue weighted by atomic mass is 9.90. The summed E-state index contributed by atoms with van der Waals surface area (Å²) >= 11 is 0. The van der Waals surface area contributed by atoms with Gasteiger partial charge in [-0.3, -0.25) is 4.79 Å². The summed E-state index contributed by atoms with van der Waals surface area (Å²) in [6.07, 6.45) is -1.83. The van der Waals surface area contributed by atoms with Gasteiger partial charge < -0.3 is 19.4 Å². The molecule has 182 valence electrons. The van der Waals surface area contributed by atoms with Crippen molar-refractivity contribution in [1.82, 2.24) is 9.80 Å². The Labute approximate surface area is 196 Å². The number of likely N-dealkylation sites (N-methyl/N-ethyl adjacent to an activating group) is 1. The van der Waals surface area contributed by atoms with Crippen molar-refractivity contribution in [1.29, 1.82) is 0 Å². The van der Waals surface area contributed by atoms with Crippen LogP contribution in [0.3, 0.4) is 0 Å². The molecule has 0 saturated carbocycles. The molecule has 1 heterocycles. The Morgan fingerprint density at radius 2 is 1.76 bits per heavy atom. The summed E-state index contributed by atoms with van der Waals surface area (Å²) in [5.74, 6) is 0.637. The molecule has 0 N–H and O–H groups in total. The number of benzene rings is 2. The number of piperazine rings is 1. The van der Waals surface area contributed by atoms with Crippen LogP contribution in [0.4, 0.5) is 13.2 Å². The number of nitrogens with zero attached hydrogens (tertiary/aromatic N) is 3. The Morgan fingerprint density at radius 1 is 1.03 bits per heavy atom. The molecule has 34 heavy (non-hydrogen) atoms. The second kappa shape index (κ2) is 10.5. The molecule has 2 aromatic carbocycles. The number of aryl methyl sites for hydroxylation is 1. The fourth-order valence-corrected chi connectivity index (χ4v) is 4.09. The van der Waals surface area contributed by atoms with Crippen LogP contribution < -0.4 is 4.74 Å². The SMILES string of the molecule is CN1CCN(C(=O)COc2ccc3c(c2)CCC/C3=N\OCc2ccc(C(F)(F)F)cc2)CC1. The largest absolute Gasteiger partial charge is 0.484 e. The topological polar surface area (TPSA) is 54.4 Å². The standard InChI is InChI=1S/C25H28F3N3O3/c1-30-11-13-31(14-12-30)24(32)17-33-21-9-10-22-19(15-21)3-2-4-23(22)29-34-16-18-5-7-20(8-6-18)25(26,27)28/h5-10,15H,2-4,11-14,16-17H2,1H3/b29-23+. The van der Waals surface area contributed by atoms with Gasteiger partial charge in [-0.1, -0.05) is 17.3 Å². The molecule has 0 unspecified atom stereocenters. The van der Waals surface area contributed by atoms with E-state index in [4.69, 9.17) is 9.57 Å². The van der Waals surface area contributed by atoms with Crippen LogP contribution in [0.15, 0.2) is 47.6 Å². The van der Waals surface area contributed by atoms with Gasteiger partial charge in [-0.15, -0.1) is 0 Å². The van der Waals surface area contributed by atoms with Gasteiger partial charge in [-0.2, -0.15) is 13.2 Å². The predicted octanol–water partition coefficient (Wildman–Crippen LogP) is 4.12. The number of carbonyl (C=O) groups excluding carboxylic acids is 1. The third-order valence-corrected chi connectivity index (χ3v) is 6.15. The van der Waals surface area contributed by atoms with Crippen LogP contribution >= 0.6 is 0 Å². The van der Waals surface area contributed by atoms with Gasteiger partial charge in [0.15, 0.2) is 6.61 Å². The molecular formula is C25H28F3N3O3. The minimum Gasteiger partial charge on any atom is -0.484 e. The molecule has 0 spiro atoms. The molecule has 9 heteroatoms. The first-order valence-electron chi connectivity index (χ1n) is 11.4. The Balaban J connectivity index is 1.33. The number of oxime groups is 1. The Bertz CT molecular complexity index is 1030. The highest BCUT2D eigenvalue weighted by Gasteiger charge is 2.30. The van der Waals surface area contributed by atoms with E-state index in [9.17, 15) is 18.0 Å². The van der Waals surface area contributed by atoms with E-state index in [2.05, 4.69) is 10.1 Å². The van der Waals surface area contributed by atoms with Crippen molar-refractivity contribution < 1.29 is 27.5 Å². The number of alkyl halides is 3. The van der Waals surface area contributed by atoms with E-state index in [1.54, 1.807) is 0 Å². The summed E-state index contributed by atoms with van der Waals surface area (Å²) in [5, 5.41) is 4.25. The number of carbonyl (C=O) groups is 1. The minimum atomic E-state index is -4.36. The first-order chi connectivity index (χ1) is 16.3. The van der Waals surface area contributed by atoms with Gasteiger partial charge in [0.25, 0.3) is 5.91 Å². The van der Waals surface area contributed by atoms with E-state index in [1.807, 2.05) is 30.1 Å². The van der Waals surface area contributed by atoms with Crippen LogP contribution in [0.25, 0.3) is 0 Å². The normalized spacial score (nSPS) is 18.0. The molecule has 2 aromatic rings.